The predicted octanol–water partition coefficient (Wildman–Crippen LogP) is 3.07. The zero-order valence-corrected chi connectivity index (χ0v) is 8.69. The highest BCUT2D eigenvalue weighted by atomic mass is 28.3. The third-order valence-electron chi connectivity index (χ3n) is 1.36. The fraction of sp³-hybridized carbons (Fsp3) is 0.333. The first kappa shape index (κ1) is 9.26. The van der Waals surface area contributed by atoms with Crippen LogP contribution in [0.4, 0.5) is 10.1 Å². The van der Waals surface area contributed by atoms with E-state index in [4.69, 9.17) is 0 Å². The normalized spacial score (nSPS) is 11.3. The highest BCUT2D eigenvalue weighted by Crippen LogP contribution is 2.12. The van der Waals surface area contributed by atoms with Gasteiger partial charge in [0.25, 0.3) is 0 Å². The van der Waals surface area contributed by atoms with Crippen LogP contribution in [0.25, 0.3) is 0 Å². The van der Waals surface area contributed by atoms with E-state index in [2.05, 4.69) is 24.6 Å². The van der Waals surface area contributed by atoms with E-state index >= 15 is 0 Å². The van der Waals surface area contributed by atoms with Gasteiger partial charge in [0, 0.05) is 5.69 Å². The molecule has 0 aliphatic carbocycles. The Morgan fingerprint density at radius 3 is 2.00 bits per heavy atom. The highest BCUT2D eigenvalue weighted by Gasteiger charge is 2.12. The van der Waals surface area contributed by atoms with Gasteiger partial charge in [0.15, 0.2) is 0 Å². The van der Waals surface area contributed by atoms with E-state index in [1.54, 1.807) is 12.1 Å². The second-order valence-corrected chi connectivity index (χ2v) is 8.63. The van der Waals surface area contributed by atoms with Gasteiger partial charge in [0.1, 0.15) is 14.1 Å². The van der Waals surface area contributed by atoms with Gasteiger partial charge in [-0.25, -0.2) is 4.39 Å². The molecule has 0 fully saturated rings. The van der Waals surface area contributed by atoms with Crippen molar-refractivity contribution in [2.45, 2.75) is 19.6 Å². The molecule has 0 radical (unpaired) electrons. The van der Waals surface area contributed by atoms with Crippen LogP contribution < -0.4 is 4.98 Å². The first-order valence-electron chi connectivity index (χ1n) is 4.01. The summed E-state index contributed by atoms with van der Waals surface area (Å²) in [6.45, 7) is 6.61. The van der Waals surface area contributed by atoms with E-state index < -0.39 is 8.24 Å². The summed E-state index contributed by atoms with van der Waals surface area (Å²) in [5.74, 6) is -0.184. The summed E-state index contributed by atoms with van der Waals surface area (Å²) in [7, 11) is -1.29. The Hall–Kier alpha value is -0.833. The number of benzene rings is 1. The lowest BCUT2D eigenvalue weighted by molar-refractivity contribution is 0.628. The van der Waals surface area contributed by atoms with Gasteiger partial charge in [-0.05, 0) is 24.3 Å². The number of hydrogen-bond donors (Lipinski definition) is 1. The lowest BCUT2D eigenvalue weighted by Gasteiger charge is -2.19. The summed E-state index contributed by atoms with van der Waals surface area (Å²) in [6, 6.07) is 6.49. The molecule has 0 saturated heterocycles. The molecule has 1 rings (SSSR count). The summed E-state index contributed by atoms with van der Waals surface area (Å²) < 4.78 is 12.5. The molecule has 0 aliphatic rings. The monoisotopic (exact) mass is 183 g/mol. The molecule has 12 heavy (non-hydrogen) atoms. The van der Waals surface area contributed by atoms with Crippen molar-refractivity contribution in [3.8, 4) is 0 Å². The van der Waals surface area contributed by atoms with Crippen molar-refractivity contribution in [3.63, 3.8) is 0 Å². The van der Waals surface area contributed by atoms with Gasteiger partial charge in [0.05, 0.1) is 0 Å². The summed E-state index contributed by atoms with van der Waals surface area (Å²) in [4.78, 5) is 3.38. The Kier molecular flexibility index (Phi) is 2.52. The topological polar surface area (TPSA) is 12.0 Å². The summed E-state index contributed by atoms with van der Waals surface area (Å²) >= 11 is 0. The van der Waals surface area contributed by atoms with Crippen molar-refractivity contribution >= 4 is 13.9 Å². The second-order valence-electron chi connectivity index (χ2n) is 3.88. The summed E-state index contributed by atoms with van der Waals surface area (Å²) in [5.41, 5.74) is 1.01. The van der Waals surface area contributed by atoms with Crippen molar-refractivity contribution in [2.75, 3.05) is 4.98 Å². The molecule has 0 aliphatic heterocycles. The van der Waals surface area contributed by atoms with Crippen molar-refractivity contribution in [1.82, 2.24) is 0 Å². The SMILES string of the molecule is C[Si](C)(C)Nc1ccc(F)cc1. The summed E-state index contributed by atoms with van der Waals surface area (Å²) in [5, 5.41) is 0. The van der Waals surface area contributed by atoms with Crippen LogP contribution in [0.5, 0.6) is 0 Å². The highest BCUT2D eigenvalue weighted by molar-refractivity contribution is 6.79. The molecule has 0 aromatic heterocycles. The van der Waals surface area contributed by atoms with Crippen LogP contribution in [0.3, 0.4) is 0 Å². The van der Waals surface area contributed by atoms with Gasteiger partial charge in [-0.15, -0.1) is 0 Å². The van der Waals surface area contributed by atoms with E-state index in [-0.39, 0.29) is 5.82 Å². The van der Waals surface area contributed by atoms with Crippen LogP contribution in [-0.2, 0) is 0 Å². The molecule has 0 bridgehead atoms. The van der Waals surface area contributed by atoms with Crippen LogP contribution in [0.15, 0.2) is 24.3 Å². The quantitative estimate of drug-likeness (QED) is 0.695. The average Bonchev–Trinajstić information content (AvgIpc) is 1.91. The Bertz CT molecular complexity index is 250. The molecule has 0 spiro atoms. The van der Waals surface area contributed by atoms with Crippen LogP contribution in [0.2, 0.25) is 19.6 Å². The van der Waals surface area contributed by atoms with Gasteiger partial charge >= 0.3 is 0 Å². The smallest absolute Gasteiger partial charge is 0.144 e. The number of rotatable bonds is 2. The van der Waals surface area contributed by atoms with Gasteiger partial charge in [-0.3, -0.25) is 0 Å². The summed E-state index contributed by atoms with van der Waals surface area (Å²) in [6.07, 6.45) is 0. The zero-order valence-electron chi connectivity index (χ0n) is 7.69. The number of hydrogen-bond acceptors (Lipinski definition) is 1. The standard InChI is InChI=1S/C9H14FNSi/c1-12(2,3)11-9-6-4-8(10)5-7-9/h4-7,11H,1-3H3. The fourth-order valence-electron chi connectivity index (χ4n) is 0.966. The van der Waals surface area contributed by atoms with Crippen molar-refractivity contribution in [3.05, 3.63) is 30.1 Å². The number of nitrogens with one attached hydrogen (secondary N) is 1. The minimum Gasteiger partial charge on any atom is -0.411 e. The van der Waals surface area contributed by atoms with E-state index in [0.29, 0.717) is 0 Å². The Labute approximate surface area is 73.7 Å². The third kappa shape index (κ3) is 3.05. The van der Waals surface area contributed by atoms with Gasteiger partial charge in [-0.2, -0.15) is 0 Å². The maximum Gasteiger partial charge on any atom is 0.144 e. The first-order chi connectivity index (χ1) is 5.47. The Morgan fingerprint density at radius 1 is 1.08 bits per heavy atom. The largest absolute Gasteiger partial charge is 0.411 e. The van der Waals surface area contributed by atoms with Crippen LogP contribution in [0, 0.1) is 5.82 Å². The molecule has 0 atom stereocenters. The van der Waals surface area contributed by atoms with E-state index in [1.165, 1.54) is 12.1 Å². The Morgan fingerprint density at radius 2 is 1.58 bits per heavy atom. The molecule has 66 valence electrons. The maximum atomic E-state index is 12.5. The molecular weight excluding hydrogens is 169 g/mol. The minimum atomic E-state index is -1.29. The molecule has 1 aromatic carbocycles. The Balaban J connectivity index is 2.71. The van der Waals surface area contributed by atoms with Crippen molar-refractivity contribution in [2.24, 2.45) is 0 Å². The molecule has 1 N–H and O–H groups in total. The van der Waals surface area contributed by atoms with E-state index in [9.17, 15) is 4.39 Å². The number of halogens is 1. The lowest BCUT2D eigenvalue weighted by Crippen LogP contribution is -2.32. The van der Waals surface area contributed by atoms with Gasteiger partial charge < -0.3 is 4.98 Å². The average molecular weight is 183 g/mol. The van der Waals surface area contributed by atoms with E-state index in [1.807, 2.05) is 0 Å². The van der Waals surface area contributed by atoms with Crippen LogP contribution >= 0.6 is 0 Å². The molecule has 0 saturated carbocycles. The molecule has 1 nitrogen and oxygen atoms in total. The van der Waals surface area contributed by atoms with Gasteiger partial charge in [-0.1, -0.05) is 19.6 Å². The van der Waals surface area contributed by atoms with Crippen molar-refractivity contribution in [1.29, 1.82) is 0 Å². The van der Waals surface area contributed by atoms with Gasteiger partial charge in [0.2, 0.25) is 0 Å². The van der Waals surface area contributed by atoms with Crippen molar-refractivity contribution < 1.29 is 4.39 Å². The maximum absolute atomic E-state index is 12.5. The van der Waals surface area contributed by atoms with Crippen LogP contribution in [0.1, 0.15) is 0 Å². The zero-order chi connectivity index (χ0) is 9.19. The molecular formula is C9H14FNSi. The predicted molar refractivity (Wildman–Crippen MR) is 53.4 cm³/mol. The number of anilines is 1. The molecule has 0 heterocycles. The molecule has 3 heteroatoms. The minimum absolute atomic E-state index is 0.184. The van der Waals surface area contributed by atoms with E-state index in [0.717, 1.165) is 5.69 Å². The molecule has 0 unspecified atom stereocenters. The second kappa shape index (κ2) is 3.27. The molecule has 0 amide bonds. The molecule has 1 aromatic rings. The first-order valence-corrected chi connectivity index (χ1v) is 7.51. The lowest BCUT2D eigenvalue weighted by atomic mass is 10.3. The van der Waals surface area contributed by atoms with Crippen LogP contribution in [-0.4, -0.2) is 8.24 Å². The fourth-order valence-corrected chi connectivity index (χ4v) is 2.00. The third-order valence-corrected chi connectivity index (χ3v) is 2.40.